The number of ether oxygens (including phenoxy) is 1. The number of pyridine rings is 1. The lowest BCUT2D eigenvalue weighted by atomic mass is 9.95. The van der Waals surface area contributed by atoms with Crippen LogP contribution in [-0.4, -0.2) is 71.4 Å². The predicted octanol–water partition coefficient (Wildman–Crippen LogP) is 1.68. The molecule has 2 saturated heterocycles. The summed E-state index contributed by atoms with van der Waals surface area (Å²) in [5, 5.41) is 3.22. The quantitative estimate of drug-likeness (QED) is 0.788. The van der Waals surface area contributed by atoms with Crippen LogP contribution in [0.4, 0.5) is 11.6 Å². The van der Waals surface area contributed by atoms with Gasteiger partial charge in [0.25, 0.3) is 10.2 Å². The Hall–Kier alpha value is -2.14. The van der Waals surface area contributed by atoms with Crippen LogP contribution in [0, 0.1) is 6.92 Å². The van der Waals surface area contributed by atoms with E-state index >= 15 is 0 Å². The van der Waals surface area contributed by atoms with E-state index in [0.29, 0.717) is 45.2 Å². The molecular formula is C19H26N6O3S. The zero-order valence-electron chi connectivity index (χ0n) is 16.5. The molecule has 4 heterocycles. The molecule has 156 valence electrons. The molecule has 2 aliphatic rings. The predicted molar refractivity (Wildman–Crippen MR) is 109 cm³/mol. The molecule has 0 amide bonds. The highest BCUT2D eigenvalue weighted by Gasteiger charge is 2.34. The van der Waals surface area contributed by atoms with Gasteiger partial charge in [-0.1, -0.05) is 6.07 Å². The number of aryl methyl sites for hydroxylation is 1. The average molecular weight is 419 g/mol. The number of hydrogen-bond donors (Lipinski definition) is 1. The molecule has 29 heavy (non-hydrogen) atoms. The summed E-state index contributed by atoms with van der Waals surface area (Å²) >= 11 is 0. The number of nitrogens with zero attached hydrogens (tertiary/aromatic N) is 5. The molecule has 0 aliphatic carbocycles. The number of piperidine rings is 1. The minimum Gasteiger partial charge on any atom is -0.379 e. The molecule has 0 saturated carbocycles. The van der Waals surface area contributed by atoms with Gasteiger partial charge in [0.15, 0.2) is 0 Å². The van der Waals surface area contributed by atoms with E-state index in [0.717, 1.165) is 29.9 Å². The van der Waals surface area contributed by atoms with E-state index in [1.165, 1.54) is 4.31 Å². The lowest BCUT2D eigenvalue weighted by Crippen LogP contribution is -2.50. The van der Waals surface area contributed by atoms with E-state index in [4.69, 9.17) is 9.72 Å². The fourth-order valence-corrected chi connectivity index (χ4v) is 5.31. The van der Waals surface area contributed by atoms with E-state index in [-0.39, 0.29) is 5.92 Å². The number of hydrogen-bond acceptors (Lipinski definition) is 7. The van der Waals surface area contributed by atoms with Crippen molar-refractivity contribution in [3.8, 4) is 0 Å². The highest BCUT2D eigenvalue weighted by Crippen LogP contribution is 2.29. The summed E-state index contributed by atoms with van der Waals surface area (Å²) in [5.41, 5.74) is 1.91. The normalized spacial score (nSPS) is 19.9. The Balaban J connectivity index is 1.40. The van der Waals surface area contributed by atoms with Crippen LogP contribution in [0.15, 0.2) is 30.7 Å². The smallest absolute Gasteiger partial charge is 0.282 e. The first-order valence-electron chi connectivity index (χ1n) is 9.87. The molecule has 4 rings (SSSR count). The minimum atomic E-state index is -3.41. The number of morpholine rings is 1. The van der Waals surface area contributed by atoms with Crippen molar-refractivity contribution in [1.82, 2.24) is 23.6 Å². The van der Waals surface area contributed by atoms with Crippen LogP contribution >= 0.6 is 0 Å². The van der Waals surface area contributed by atoms with Gasteiger partial charge in [-0.25, -0.2) is 9.97 Å². The summed E-state index contributed by atoms with van der Waals surface area (Å²) in [6.45, 7) is 4.73. The van der Waals surface area contributed by atoms with Crippen molar-refractivity contribution < 1.29 is 13.2 Å². The molecule has 0 radical (unpaired) electrons. The summed E-state index contributed by atoms with van der Waals surface area (Å²) in [7, 11) is -3.41. The zero-order valence-corrected chi connectivity index (χ0v) is 17.3. The summed E-state index contributed by atoms with van der Waals surface area (Å²) < 4.78 is 34.0. The molecule has 2 aromatic heterocycles. The first-order chi connectivity index (χ1) is 14.0. The Morgan fingerprint density at radius 2 is 1.83 bits per heavy atom. The van der Waals surface area contributed by atoms with Gasteiger partial charge >= 0.3 is 0 Å². The topological polar surface area (TPSA) is 101 Å². The fraction of sp³-hybridized carbons (Fsp3) is 0.526. The summed E-state index contributed by atoms with van der Waals surface area (Å²) in [6.07, 6.45) is 6.63. The highest BCUT2D eigenvalue weighted by molar-refractivity contribution is 7.86. The van der Waals surface area contributed by atoms with Crippen LogP contribution < -0.4 is 5.32 Å². The minimum absolute atomic E-state index is 0.185. The van der Waals surface area contributed by atoms with Crippen molar-refractivity contribution in [2.45, 2.75) is 25.7 Å². The Morgan fingerprint density at radius 1 is 1.10 bits per heavy atom. The Bertz CT molecular complexity index is 940. The molecule has 0 spiro atoms. The van der Waals surface area contributed by atoms with Crippen LogP contribution in [0.2, 0.25) is 0 Å². The number of aromatic nitrogens is 3. The first-order valence-corrected chi connectivity index (χ1v) is 11.3. The van der Waals surface area contributed by atoms with Crippen LogP contribution in [-0.2, 0) is 14.9 Å². The number of rotatable bonds is 5. The third kappa shape index (κ3) is 4.55. The van der Waals surface area contributed by atoms with E-state index in [9.17, 15) is 8.42 Å². The second-order valence-corrected chi connectivity index (χ2v) is 9.24. The van der Waals surface area contributed by atoms with Crippen LogP contribution in [0.5, 0.6) is 0 Å². The number of nitrogens with one attached hydrogen (secondary N) is 1. The summed E-state index contributed by atoms with van der Waals surface area (Å²) in [4.78, 5) is 13.4. The van der Waals surface area contributed by atoms with Gasteiger partial charge in [0.1, 0.15) is 11.6 Å². The monoisotopic (exact) mass is 418 g/mol. The molecule has 0 bridgehead atoms. The SMILES string of the molecule is Cc1cccnc1Nc1cncc(C2CCN(S(=O)(=O)N3CCOCC3)CC2)n1. The standard InChI is InChI=1S/C19H26N6O3S/c1-15-3-2-6-21-19(15)23-18-14-20-13-17(22-18)16-4-7-24(8-5-16)29(26,27)25-9-11-28-12-10-25/h2-3,6,13-14,16H,4-5,7-12H2,1H3,(H,21,22,23). The molecule has 2 aliphatic heterocycles. The van der Waals surface area contributed by atoms with Gasteiger partial charge in [-0.15, -0.1) is 0 Å². The molecule has 10 heteroatoms. The van der Waals surface area contributed by atoms with E-state index < -0.39 is 10.2 Å². The van der Waals surface area contributed by atoms with Gasteiger partial charge in [-0.2, -0.15) is 17.0 Å². The third-order valence-corrected chi connectivity index (χ3v) is 7.44. The maximum Gasteiger partial charge on any atom is 0.282 e. The lowest BCUT2D eigenvalue weighted by molar-refractivity contribution is 0.0696. The van der Waals surface area contributed by atoms with Crippen LogP contribution in [0.25, 0.3) is 0 Å². The van der Waals surface area contributed by atoms with Crippen LogP contribution in [0.1, 0.15) is 30.0 Å². The van der Waals surface area contributed by atoms with Gasteiger partial charge in [0.2, 0.25) is 0 Å². The average Bonchev–Trinajstić information content (AvgIpc) is 2.76. The second-order valence-electron chi connectivity index (χ2n) is 7.32. The van der Waals surface area contributed by atoms with Gasteiger partial charge in [0, 0.05) is 44.5 Å². The molecule has 2 fully saturated rings. The van der Waals surface area contributed by atoms with Crippen molar-refractivity contribution >= 4 is 21.8 Å². The molecule has 1 N–H and O–H groups in total. The maximum atomic E-state index is 12.8. The van der Waals surface area contributed by atoms with Gasteiger partial charge in [-0.05, 0) is 31.4 Å². The molecule has 9 nitrogen and oxygen atoms in total. The van der Waals surface area contributed by atoms with Gasteiger partial charge in [0.05, 0.1) is 25.1 Å². The Kier molecular flexibility index (Phi) is 6.04. The van der Waals surface area contributed by atoms with Gasteiger partial charge in [-0.3, -0.25) is 4.98 Å². The first kappa shape index (κ1) is 20.1. The largest absolute Gasteiger partial charge is 0.379 e. The summed E-state index contributed by atoms with van der Waals surface area (Å²) in [5.74, 6) is 1.59. The Labute approximate surface area is 171 Å². The van der Waals surface area contributed by atoms with Crippen molar-refractivity contribution in [1.29, 1.82) is 0 Å². The van der Waals surface area contributed by atoms with Crippen LogP contribution in [0.3, 0.4) is 0 Å². The lowest BCUT2D eigenvalue weighted by Gasteiger charge is -2.36. The maximum absolute atomic E-state index is 12.8. The second kappa shape index (κ2) is 8.70. The summed E-state index contributed by atoms with van der Waals surface area (Å²) in [6, 6.07) is 3.87. The molecule has 0 atom stereocenters. The van der Waals surface area contributed by atoms with E-state index in [2.05, 4.69) is 15.3 Å². The molecule has 2 aromatic rings. The molecule has 0 aromatic carbocycles. The zero-order chi connectivity index (χ0) is 20.3. The van der Waals surface area contributed by atoms with Gasteiger partial charge < -0.3 is 10.1 Å². The van der Waals surface area contributed by atoms with E-state index in [1.807, 2.05) is 19.1 Å². The van der Waals surface area contributed by atoms with Crippen molar-refractivity contribution in [2.24, 2.45) is 0 Å². The van der Waals surface area contributed by atoms with Crippen molar-refractivity contribution in [3.05, 3.63) is 42.0 Å². The third-order valence-electron chi connectivity index (χ3n) is 5.40. The molecular weight excluding hydrogens is 392 g/mol. The van der Waals surface area contributed by atoms with Crippen molar-refractivity contribution in [2.75, 3.05) is 44.7 Å². The fourth-order valence-electron chi connectivity index (χ4n) is 3.70. The Morgan fingerprint density at radius 3 is 2.55 bits per heavy atom. The number of anilines is 2. The van der Waals surface area contributed by atoms with E-state index in [1.54, 1.807) is 22.9 Å². The highest BCUT2D eigenvalue weighted by atomic mass is 32.2. The van der Waals surface area contributed by atoms with Crippen molar-refractivity contribution in [3.63, 3.8) is 0 Å². The molecule has 0 unspecified atom stereocenters.